The number of rotatable bonds is 5. The van der Waals surface area contributed by atoms with Crippen LogP contribution in [0, 0.1) is 13.8 Å². The minimum absolute atomic E-state index is 0.472. The minimum Gasteiger partial charge on any atom is -0.444 e. The number of aromatic nitrogens is 2. The quantitative estimate of drug-likeness (QED) is 0.612. The number of hydrogen-bond acceptors (Lipinski definition) is 5. The number of pyridine rings is 1. The van der Waals surface area contributed by atoms with E-state index in [9.17, 15) is 9.59 Å². The summed E-state index contributed by atoms with van der Waals surface area (Å²) in [5.41, 5.74) is 4.79. The van der Waals surface area contributed by atoms with Crippen LogP contribution >= 0.6 is 0 Å². The second-order valence-corrected chi connectivity index (χ2v) is 7.90. The first kappa shape index (κ1) is 20.4. The molecule has 0 unspecified atom stereocenters. The van der Waals surface area contributed by atoms with Gasteiger partial charge < -0.3 is 10.1 Å². The molecule has 1 amide bonds. The zero-order valence-electron chi connectivity index (χ0n) is 17.4. The van der Waals surface area contributed by atoms with Crippen LogP contribution in [0.3, 0.4) is 0 Å². The lowest BCUT2D eigenvalue weighted by Gasteiger charge is -2.21. The van der Waals surface area contributed by atoms with Gasteiger partial charge in [0.25, 0.3) is 0 Å². The number of amides is 1. The first-order valence-corrected chi connectivity index (χ1v) is 9.45. The van der Waals surface area contributed by atoms with E-state index in [0.717, 1.165) is 23.1 Å². The Labute approximate surface area is 170 Å². The van der Waals surface area contributed by atoms with E-state index >= 15 is 0 Å². The molecule has 0 saturated heterocycles. The van der Waals surface area contributed by atoms with Gasteiger partial charge in [0.05, 0.1) is 11.4 Å². The lowest BCUT2D eigenvalue weighted by Crippen LogP contribution is -2.27. The zero-order chi connectivity index (χ0) is 21.2. The number of hydrogen-bond donors (Lipinski definition) is 2. The molecule has 2 N–H and O–H groups in total. The second kappa shape index (κ2) is 7.95. The molecule has 0 saturated carbocycles. The summed E-state index contributed by atoms with van der Waals surface area (Å²) in [5.74, 6) is 0. The average molecular weight is 394 g/mol. The molecule has 0 spiro atoms. The summed E-state index contributed by atoms with van der Waals surface area (Å²) in [7, 11) is 0. The van der Waals surface area contributed by atoms with E-state index in [1.165, 1.54) is 0 Å². The number of nitrogens with zero attached hydrogens (tertiary/aromatic N) is 2. The molecule has 0 aliphatic rings. The van der Waals surface area contributed by atoms with E-state index < -0.39 is 11.7 Å². The molecule has 0 aliphatic carbocycles. The van der Waals surface area contributed by atoms with Gasteiger partial charge in [-0.3, -0.25) is 14.5 Å². The molecule has 0 bridgehead atoms. The maximum atomic E-state index is 12.2. The Kier molecular flexibility index (Phi) is 5.59. The van der Waals surface area contributed by atoms with E-state index in [0.29, 0.717) is 29.3 Å². The van der Waals surface area contributed by atoms with Gasteiger partial charge >= 0.3 is 6.09 Å². The zero-order valence-corrected chi connectivity index (χ0v) is 17.4. The molecule has 7 heteroatoms. The average Bonchev–Trinajstić information content (AvgIpc) is 2.95. The number of carbonyl (C=O) groups is 2. The third-order valence-electron chi connectivity index (χ3n) is 4.48. The number of fused-ring (bicyclic) bond motifs is 1. The molecule has 29 heavy (non-hydrogen) atoms. The molecule has 1 aromatic carbocycles. The highest BCUT2D eigenvalue weighted by atomic mass is 16.6. The maximum Gasteiger partial charge on any atom is 0.412 e. The summed E-state index contributed by atoms with van der Waals surface area (Å²) >= 11 is 0. The van der Waals surface area contributed by atoms with Crippen molar-refractivity contribution in [3.63, 3.8) is 0 Å². The number of imidazole rings is 1. The minimum atomic E-state index is -0.573. The molecule has 3 aromatic rings. The number of ether oxygens (including phenoxy) is 1. The van der Waals surface area contributed by atoms with Crippen molar-refractivity contribution in [2.24, 2.45) is 0 Å². The molecular formula is C22H26N4O3. The topological polar surface area (TPSA) is 84.7 Å². The summed E-state index contributed by atoms with van der Waals surface area (Å²) in [5, 5.41) is 6.22. The van der Waals surface area contributed by atoms with Crippen molar-refractivity contribution in [2.45, 2.75) is 46.8 Å². The summed E-state index contributed by atoms with van der Waals surface area (Å²) < 4.78 is 7.13. The van der Waals surface area contributed by atoms with E-state index in [4.69, 9.17) is 4.74 Å². The number of benzene rings is 1. The third-order valence-corrected chi connectivity index (χ3v) is 4.48. The van der Waals surface area contributed by atoms with Gasteiger partial charge in [0, 0.05) is 18.4 Å². The standard InChI is InChI=1S/C22H26N4O3/c1-14-8-6-9-17(25-21(28)29-22(3,4)5)16(14)12-23-18-10-7-11-26-19(13-27)15(2)24-20(18)26/h6-11,13,23H,12H2,1-5H3,(H,25,28). The van der Waals surface area contributed by atoms with E-state index in [-0.39, 0.29) is 0 Å². The lowest BCUT2D eigenvalue weighted by atomic mass is 10.1. The monoisotopic (exact) mass is 394 g/mol. The Morgan fingerprint density at radius 3 is 2.59 bits per heavy atom. The third kappa shape index (κ3) is 4.56. The van der Waals surface area contributed by atoms with Crippen LogP contribution in [0.5, 0.6) is 0 Å². The van der Waals surface area contributed by atoms with Crippen molar-refractivity contribution in [1.82, 2.24) is 9.38 Å². The molecule has 0 fully saturated rings. The Bertz CT molecular complexity index is 1060. The van der Waals surface area contributed by atoms with Gasteiger partial charge in [0.2, 0.25) is 0 Å². The van der Waals surface area contributed by atoms with Crippen molar-refractivity contribution < 1.29 is 14.3 Å². The molecule has 0 atom stereocenters. The van der Waals surface area contributed by atoms with Gasteiger partial charge in [-0.25, -0.2) is 9.78 Å². The lowest BCUT2D eigenvalue weighted by molar-refractivity contribution is 0.0635. The number of aldehydes is 1. The van der Waals surface area contributed by atoms with Crippen LogP contribution in [0.2, 0.25) is 0 Å². The second-order valence-electron chi connectivity index (χ2n) is 7.90. The Balaban J connectivity index is 1.85. The SMILES string of the molecule is Cc1cccc(NC(=O)OC(C)(C)C)c1CNc1cccn2c(C=O)c(C)nc12. The smallest absolute Gasteiger partial charge is 0.412 e. The maximum absolute atomic E-state index is 12.2. The molecule has 152 valence electrons. The number of carbonyl (C=O) groups excluding carboxylic acids is 2. The van der Waals surface area contributed by atoms with Crippen LogP contribution in [-0.4, -0.2) is 27.4 Å². The van der Waals surface area contributed by atoms with Crippen LogP contribution in [0.1, 0.15) is 48.1 Å². The Morgan fingerprint density at radius 1 is 1.17 bits per heavy atom. The highest BCUT2D eigenvalue weighted by Crippen LogP contribution is 2.24. The summed E-state index contributed by atoms with van der Waals surface area (Å²) in [4.78, 5) is 28.1. The molecular weight excluding hydrogens is 368 g/mol. The van der Waals surface area contributed by atoms with Crippen LogP contribution in [0.4, 0.5) is 16.2 Å². The van der Waals surface area contributed by atoms with E-state index in [2.05, 4.69) is 15.6 Å². The van der Waals surface area contributed by atoms with Gasteiger partial charge in [-0.05, 0) is 63.9 Å². The van der Waals surface area contributed by atoms with Crippen LogP contribution < -0.4 is 10.6 Å². The van der Waals surface area contributed by atoms with Gasteiger partial charge in [-0.15, -0.1) is 0 Å². The van der Waals surface area contributed by atoms with Crippen molar-refractivity contribution in [3.8, 4) is 0 Å². The first-order chi connectivity index (χ1) is 13.7. The fourth-order valence-electron chi connectivity index (χ4n) is 3.13. The predicted octanol–water partition coefficient (Wildman–Crippen LogP) is 4.72. The highest BCUT2D eigenvalue weighted by Gasteiger charge is 2.18. The largest absolute Gasteiger partial charge is 0.444 e. The molecule has 2 heterocycles. The van der Waals surface area contributed by atoms with Crippen molar-refractivity contribution in [2.75, 3.05) is 10.6 Å². The molecule has 0 aliphatic heterocycles. The van der Waals surface area contributed by atoms with Crippen molar-refractivity contribution in [3.05, 3.63) is 59.0 Å². The summed E-state index contributed by atoms with van der Waals surface area (Å²) in [6.45, 7) is 9.75. The predicted molar refractivity (Wildman–Crippen MR) is 114 cm³/mol. The molecule has 3 rings (SSSR count). The van der Waals surface area contributed by atoms with Crippen molar-refractivity contribution in [1.29, 1.82) is 0 Å². The van der Waals surface area contributed by atoms with E-state index in [1.807, 2.05) is 71.1 Å². The highest BCUT2D eigenvalue weighted by molar-refractivity contribution is 5.86. The van der Waals surface area contributed by atoms with Gasteiger partial charge in [0.1, 0.15) is 11.3 Å². The fraction of sp³-hybridized carbons (Fsp3) is 0.318. The Morgan fingerprint density at radius 2 is 1.90 bits per heavy atom. The number of anilines is 2. The van der Waals surface area contributed by atoms with Crippen molar-refractivity contribution >= 4 is 29.4 Å². The Hall–Kier alpha value is -3.35. The molecule has 0 radical (unpaired) electrons. The fourth-order valence-corrected chi connectivity index (χ4v) is 3.13. The first-order valence-electron chi connectivity index (χ1n) is 9.45. The summed E-state index contributed by atoms with van der Waals surface area (Å²) in [6.07, 6.45) is 2.13. The number of nitrogens with one attached hydrogen (secondary N) is 2. The van der Waals surface area contributed by atoms with Crippen LogP contribution in [0.25, 0.3) is 5.65 Å². The van der Waals surface area contributed by atoms with Crippen LogP contribution in [-0.2, 0) is 11.3 Å². The number of aryl methyl sites for hydroxylation is 2. The van der Waals surface area contributed by atoms with Gasteiger partial charge in [0.15, 0.2) is 11.9 Å². The summed E-state index contributed by atoms with van der Waals surface area (Å²) in [6, 6.07) is 9.50. The normalized spacial score (nSPS) is 11.3. The van der Waals surface area contributed by atoms with Crippen LogP contribution in [0.15, 0.2) is 36.5 Å². The molecule has 2 aromatic heterocycles. The van der Waals surface area contributed by atoms with E-state index in [1.54, 1.807) is 4.40 Å². The van der Waals surface area contributed by atoms with Gasteiger partial charge in [-0.1, -0.05) is 12.1 Å². The van der Waals surface area contributed by atoms with Gasteiger partial charge in [-0.2, -0.15) is 0 Å². The molecule has 7 nitrogen and oxygen atoms in total.